The van der Waals surface area contributed by atoms with Crippen LogP contribution in [0.2, 0.25) is 0 Å². The quantitative estimate of drug-likeness (QED) is 0.769. The van der Waals surface area contributed by atoms with E-state index in [1.165, 1.54) is 13.1 Å². The Hall–Kier alpha value is -1.43. The number of thiazole rings is 1. The minimum absolute atomic E-state index is 0.213. The maximum absolute atomic E-state index is 11.2. The van der Waals surface area contributed by atoms with Crippen molar-refractivity contribution in [3.05, 3.63) is 11.1 Å². The highest BCUT2D eigenvalue weighted by atomic mass is 32.1. The molecule has 0 bridgehead atoms. The van der Waals surface area contributed by atoms with Crippen molar-refractivity contribution in [3.63, 3.8) is 0 Å². The van der Waals surface area contributed by atoms with Crippen LogP contribution in [0.3, 0.4) is 0 Å². The number of carbonyl (C=O) groups excluding carboxylic acids is 2. The predicted octanol–water partition coefficient (Wildman–Crippen LogP) is 1.28. The van der Waals surface area contributed by atoms with Gasteiger partial charge in [0.1, 0.15) is 4.88 Å². The van der Waals surface area contributed by atoms with E-state index in [4.69, 9.17) is 4.74 Å². The van der Waals surface area contributed by atoms with Gasteiger partial charge in [-0.3, -0.25) is 4.79 Å². The van der Waals surface area contributed by atoms with E-state index in [-0.39, 0.29) is 5.91 Å². The molecule has 0 aliphatic carbocycles. The molecule has 0 aliphatic rings. The summed E-state index contributed by atoms with van der Waals surface area (Å²) >= 11 is 1.09. The first-order valence-electron chi connectivity index (χ1n) is 4.04. The van der Waals surface area contributed by atoms with Gasteiger partial charge in [-0.05, 0) is 6.92 Å². The summed E-state index contributed by atoms with van der Waals surface area (Å²) in [5.41, 5.74) is 0. The van der Waals surface area contributed by atoms with E-state index in [9.17, 15) is 9.59 Å². The fourth-order valence-corrected chi connectivity index (χ4v) is 1.54. The molecule has 0 fully saturated rings. The van der Waals surface area contributed by atoms with Crippen LogP contribution in [0.25, 0.3) is 0 Å². The Kier molecular flexibility index (Phi) is 3.58. The Bertz CT molecular complexity index is 348. The maximum Gasteiger partial charge on any atom is 0.350 e. The maximum atomic E-state index is 11.2. The number of rotatable bonds is 3. The second-order valence-electron chi connectivity index (χ2n) is 2.43. The van der Waals surface area contributed by atoms with Crippen LogP contribution >= 0.6 is 11.3 Å². The molecule has 5 nitrogen and oxygen atoms in total. The highest BCUT2D eigenvalue weighted by molar-refractivity contribution is 7.17. The van der Waals surface area contributed by atoms with Gasteiger partial charge in [-0.15, -0.1) is 0 Å². The summed E-state index contributed by atoms with van der Waals surface area (Å²) in [6, 6.07) is 0. The van der Waals surface area contributed by atoms with E-state index in [0.29, 0.717) is 16.6 Å². The predicted molar refractivity (Wildman–Crippen MR) is 52.4 cm³/mol. The minimum atomic E-state index is -0.415. The van der Waals surface area contributed by atoms with E-state index in [0.717, 1.165) is 11.3 Å². The molecule has 0 aromatic carbocycles. The molecule has 1 rings (SSSR count). The highest BCUT2D eigenvalue weighted by Gasteiger charge is 2.11. The van der Waals surface area contributed by atoms with Crippen molar-refractivity contribution in [1.29, 1.82) is 0 Å². The van der Waals surface area contributed by atoms with Crippen molar-refractivity contribution in [2.24, 2.45) is 0 Å². The van der Waals surface area contributed by atoms with Gasteiger partial charge in [0, 0.05) is 6.92 Å². The normalized spacial score (nSPS) is 9.57. The molecule has 0 unspecified atom stereocenters. The SMILES string of the molecule is CCOC(=O)c1cnc(NC(C)=O)s1. The minimum Gasteiger partial charge on any atom is -0.462 e. The van der Waals surface area contributed by atoms with Gasteiger partial charge in [0.2, 0.25) is 5.91 Å². The van der Waals surface area contributed by atoms with E-state index < -0.39 is 5.97 Å². The second-order valence-corrected chi connectivity index (χ2v) is 3.46. The molecule has 1 N–H and O–H groups in total. The Morgan fingerprint density at radius 1 is 1.64 bits per heavy atom. The standard InChI is InChI=1S/C8H10N2O3S/c1-3-13-7(12)6-4-9-8(14-6)10-5(2)11/h4H,3H2,1-2H3,(H,9,10,11). The van der Waals surface area contributed by atoms with Crippen LogP contribution in [-0.4, -0.2) is 23.5 Å². The van der Waals surface area contributed by atoms with Gasteiger partial charge in [-0.1, -0.05) is 11.3 Å². The Morgan fingerprint density at radius 3 is 2.93 bits per heavy atom. The van der Waals surface area contributed by atoms with E-state index >= 15 is 0 Å². The van der Waals surface area contributed by atoms with Crippen LogP contribution in [0.5, 0.6) is 0 Å². The Morgan fingerprint density at radius 2 is 2.36 bits per heavy atom. The summed E-state index contributed by atoms with van der Waals surface area (Å²) in [7, 11) is 0. The molecule has 0 aliphatic heterocycles. The van der Waals surface area contributed by atoms with Crippen molar-refractivity contribution in [3.8, 4) is 0 Å². The first-order chi connectivity index (χ1) is 6.63. The average molecular weight is 214 g/mol. The second kappa shape index (κ2) is 4.71. The van der Waals surface area contributed by atoms with Crippen molar-refractivity contribution in [2.45, 2.75) is 13.8 Å². The third kappa shape index (κ3) is 2.81. The number of amides is 1. The van der Waals surface area contributed by atoms with Gasteiger partial charge >= 0.3 is 5.97 Å². The molecule has 0 radical (unpaired) electrons. The Labute approximate surface area is 85.1 Å². The van der Waals surface area contributed by atoms with Crippen LogP contribution < -0.4 is 5.32 Å². The van der Waals surface area contributed by atoms with Crippen LogP contribution in [0.4, 0.5) is 5.13 Å². The van der Waals surface area contributed by atoms with Crippen LogP contribution in [0.1, 0.15) is 23.5 Å². The molecule has 0 saturated carbocycles. The smallest absolute Gasteiger partial charge is 0.350 e. The fraction of sp³-hybridized carbons (Fsp3) is 0.375. The largest absolute Gasteiger partial charge is 0.462 e. The number of aromatic nitrogens is 1. The fourth-order valence-electron chi connectivity index (χ4n) is 0.779. The molecule has 0 saturated heterocycles. The molecular weight excluding hydrogens is 204 g/mol. The zero-order valence-corrected chi connectivity index (χ0v) is 8.68. The van der Waals surface area contributed by atoms with Crippen LogP contribution in [0.15, 0.2) is 6.20 Å². The number of carbonyl (C=O) groups is 2. The summed E-state index contributed by atoms with van der Waals surface area (Å²) in [6.07, 6.45) is 1.38. The molecule has 1 aromatic heterocycles. The molecule has 1 heterocycles. The molecular formula is C8H10N2O3S. The van der Waals surface area contributed by atoms with Crippen LogP contribution in [0, 0.1) is 0 Å². The number of esters is 1. The lowest BCUT2D eigenvalue weighted by Crippen LogP contribution is -2.04. The number of anilines is 1. The lowest BCUT2D eigenvalue weighted by Gasteiger charge is -1.96. The van der Waals surface area contributed by atoms with Gasteiger partial charge < -0.3 is 10.1 Å². The van der Waals surface area contributed by atoms with Crippen molar-refractivity contribution in [2.75, 3.05) is 11.9 Å². The number of hydrogen-bond acceptors (Lipinski definition) is 5. The van der Waals surface area contributed by atoms with Crippen molar-refractivity contribution in [1.82, 2.24) is 4.98 Å². The topological polar surface area (TPSA) is 68.3 Å². The molecule has 76 valence electrons. The third-order valence-electron chi connectivity index (χ3n) is 1.27. The van der Waals surface area contributed by atoms with Crippen molar-refractivity contribution >= 4 is 28.3 Å². The third-order valence-corrected chi connectivity index (χ3v) is 2.16. The molecule has 14 heavy (non-hydrogen) atoms. The summed E-state index contributed by atoms with van der Waals surface area (Å²) in [6.45, 7) is 3.44. The zero-order valence-electron chi connectivity index (χ0n) is 7.86. The summed E-state index contributed by atoms with van der Waals surface area (Å²) in [5, 5.41) is 2.89. The van der Waals surface area contributed by atoms with E-state index in [2.05, 4.69) is 10.3 Å². The summed E-state index contributed by atoms with van der Waals surface area (Å²) in [5.74, 6) is -0.628. The Balaban J connectivity index is 2.67. The number of ether oxygens (including phenoxy) is 1. The first-order valence-corrected chi connectivity index (χ1v) is 4.85. The number of nitrogens with zero attached hydrogens (tertiary/aromatic N) is 1. The highest BCUT2D eigenvalue weighted by Crippen LogP contribution is 2.18. The van der Waals surface area contributed by atoms with Gasteiger partial charge in [-0.25, -0.2) is 9.78 Å². The van der Waals surface area contributed by atoms with E-state index in [1.807, 2.05) is 0 Å². The van der Waals surface area contributed by atoms with Gasteiger partial charge in [0.15, 0.2) is 5.13 Å². The van der Waals surface area contributed by atoms with Gasteiger partial charge in [0.25, 0.3) is 0 Å². The van der Waals surface area contributed by atoms with Gasteiger partial charge in [0.05, 0.1) is 12.8 Å². The van der Waals surface area contributed by atoms with E-state index in [1.54, 1.807) is 6.92 Å². The first kappa shape index (κ1) is 10.6. The number of hydrogen-bond donors (Lipinski definition) is 1. The monoisotopic (exact) mass is 214 g/mol. The lowest BCUT2D eigenvalue weighted by atomic mass is 10.6. The molecule has 1 amide bonds. The van der Waals surface area contributed by atoms with Gasteiger partial charge in [-0.2, -0.15) is 0 Å². The lowest BCUT2D eigenvalue weighted by molar-refractivity contribution is -0.114. The molecule has 0 atom stereocenters. The van der Waals surface area contributed by atoms with Crippen molar-refractivity contribution < 1.29 is 14.3 Å². The molecule has 0 spiro atoms. The summed E-state index contributed by atoms with van der Waals surface area (Å²) < 4.78 is 4.77. The summed E-state index contributed by atoms with van der Waals surface area (Å²) in [4.78, 5) is 26.1. The zero-order chi connectivity index (χ0) is 10.6. The number of nitrogens with one attached hydrogen (secondary N) is 1. The molecule has 1 aromatic rings. The molecule has 6 heteroatoms. The average Bonchev–Trinajstić information content (AvgIpc) is 2.52. The van der Waals surface area contributed by atoms with Crippen LogP contribution in [-0.2, 0) is 9.53 Å².